The molecule has 0 radical (unpaired) electrons. The van der Waals surface area contributed by atoms with Gasteiger partial charge in [-0.15, -0.1) is 0 Å². The third-order valence-electron chi connectivity index (χ3n) is 2.51. The highest BCUT2D eigenvalue weighted by molar-refractivity contribution is 5.30. The van der Waals surface area contributed by atoms with Gasteiger partial charge in [-0.1, -0.05) is 18.2 Å². The summed E-state index contributed by atoms with van der Waals surface area (Å²) in [5, 5.41) is 10.00. The van der Waals surface area contributed by atoms with E-state index < -0.39 is 17.3 Å². The second-order valence-corrected chi connectivity index (χ2v) is 4.47. The van der Waals surface area contributed by atoms with Crippen LogP contribution in [0.1, 0.15) is 25.0 Å². The minimum Gasteiger partial charge on any atom is -0.387 e. The fourth-order valence-corrected chi connectivity index (χ4v) is 1.73. The lowest BCUT2D eigenvalue weighted by molar-refractivity contribution is -0.138. The first kappa shape index (κ1) is 15.0. The van der Waals surface area contributed by atoms with Crippen LogP contribution in [0.3, 0.4) is 0 Å². The van der Waals surface area contributed by atoms with Gasteiger partial charge in [-0.05, 0) is 25.5 Å². The molecule has 0 heterocycles. The summed E-state index contributed by atoms with van der Waals surface area (Å²) in [6.07, 6.45) is -4.50. The first-order chi connectivity index (χ1) is 8.26. The maximum atomic E-state index is 12.8. The van der Waals surface area contributed by atoms with Crippen LogP contribution in [-0.4, -0.2) is 23.9 Å². The Morgan fingerprint density at radius 2 is 1.83 bits per heavy atom. The van der Waals surface area contributed by atoms with Gasteiger partial charge < -0.3 is 9.84 Å². The van der Waals surface area contributed by atoms with Crippen LogP contribution in [0, 0.1) is 0 Å². The van der Waals surface area contributed by atoms with Gasteiger partial charge in [0.15, 0.2) is 0 Å². The first-order valence-corrected chi connectivity index (χ1v) is 5.71. The predicted molar refractivity (Wildman–Crippen MR) is 62.3 cm³/mol. The third kappa shape index (κ3) is 4.31. The number of benzene rings is 1. The topological polar surface area (TPSA) is 29.5 Å². The molecule has 0 aliphatic rings. The van der Waals surface area contributed by atoms with E-state index in [2.05, 4.69) is 0 Å². The Morgan fingerprint density at radius 3 is 2.39 bits per heavy atom. The summed E-state index contributed by atoms with van der Waals surface area (Å²) in [5.74, 6) is 0. The molecule has 0 aromatic heterocycles. The van der Waals surface area contributed by atoms with Crippen LogP contribution < -0.4 is 0 Å². The summed E-state index contributed by atoms with van der Waals surface area (Å²) >= 11 is 0. The minimum absolute atomic E-state index is 0.00961. The molecule has 5 heteroatoms. The summed E-state index contributed by atoms with van der Waals surface area (Å²) < 4.78 is 43.4. The smallest absolute Gasteiger partial charge is 0.387 e. The van der Waals surface area contributed by atoms with Gasteiger partial charge in [0.05, 0.1) is 17.8 Å². The molecule has 1 N–H and O–H groups in total. The maximum Gasteiger partial charge on any atom is 0.416 e. The van der Waals surface area contributed by atoms with Gasteiger partial charge in [-0.2, -0.15) is 13.2 Å². The standard InChI is InChI=1S/C13H17F3O2/c1-3-18-9-12(2,17)8-10-6-4-5-7-11(10)13(14,15)16/h4-7,17H,3,8-9H2,1-2H3. The monoisotopic (exact) mass is 262 g/mol. The van der Waals surface area contributed by atoms with Gasteiger partial charge in [0.1, 0.15) is 0 Å². The second-order valence-electron chi connectivity index (χ2n) is 4.47. The largest absolute Gasteiger partial charge is 0.416 e. The summed E-state index contributed by atoms with van der Waals surface area (Å²) in [7, 11) is 0. The Bertz CT molecular complexity index is 386. The number of halogens is 3. The van der Waals surface area contributed by atoms with E-state index >= 15 is 0 Å². The number of hydrogen-bond donors (Lipinski definition) is 1. The molecule has 1 unspecified atom stereocenters. The van der Waals surface area contributed by atoms with Crippen LogP contribution in [0.2, 0.25) is 0 Å². The van der Waals surface area contributed by atoms with Crippen molar-refractivity contribution in [3.05, 3.63) is 35.4 Å². The Balaban J connectivity index is 2.91. The summed E-state index contributed by atoms with van der Waals surface area (Å²) in [5.41, 5.74) is -1.94. The molecule has 0 aliphatic carbocycles. The molecule has 0 amide bonds. The van der Waals surface area contributed by atoms with E-state index in [0.717, 1.165) is 6.07 Å². The van der Waals surface area contributed by atoms with E-state index in [-0.39, 0.29) is 18.6 Å². The lowest BCUT2D eigenvalue weighted by atomic mass is 9.93. The normalized spacial score (nSPS) is 15.4. The molecule has 0 saturated heterocycles. The molecule has 1 rings (SSSR count). The first-order valence-electron chi connectivity index (χ1n) is 5.71. The minimum atomic E-state index is -4.40. The Labute approximate surface area is 104 Å². The van der Waals surface area contributed by atoms with Gasteiger partial charge in [-0.3, -0.25) is 0 Å². The predicted octanol–water partition coefficient (Wildman–Crippen LogP) is 3.04. The third-order valence-corrected chi connectivity index (χ3v) is 2.51. The van der Waals surface area contributed by atoms with Gasteiger partial charge in [0.2, 0.25) is 0 Å². The highest BCUT2D eigenvalue weighted by Gasteiger charge is 2.34. The van der Waals surface area contributed by atoms with Gasteiger partial charge in [0, 0.05) is 13.0 Å². The molecule has 0 aliphatic heterocycles. The molecule has 0 spiro atoms. The lowest BCUT2D eigenvalue weighted by Crippen LogP contribution is -2.34. The van der Waals surface area contributed by atoms with E-state index in [0.29, 0.717) is 6.61 Å². The van der Waals surface area contributed by atoms with E-state index in [9.17, 15) is 18.3 Å². The van der Waals surface area contributed by atoms with Crippen molar-refractivity contribution in [1.82, 2.24) is 0 Å². The molecule has 0 fully saturated rings. The second kappa shape index (κ2) is 5.71. The zero-order chi connectivity index (χ0) is 13.8. The Hall–Kier alpha value is -1.07. The Morgan fingerprint density at radius 1 is 1.22 bits per heavy atom. The highest BCUT2D eigenvalue weighted by atomic mass is 19.4. The van der Waals surface area contributed by atoms with Crippen molar-refractivity contribution in [1.29, 1.82) is 0 Å². The van der Waals surface area contributed by atoms with Crippen LogP contribution >= 0.6 is 0 Å². The van der Waals surface area contributed by atoms with Crippen molar-refractivity contribution in [2.75, 3.05) is 13.2 Å². The summed E-state index contributed by atoms with van der Waals surface area (Å²) in [6.45, 7) is 3.66. The Kier molecular flexibility index (Phi) is 4.76. The average molecular weight is 262 g/mol. The summed E-state index contributed by atoms with van der Waals surface area (Å²) in [6, 6.07) is 5.26. The number of ether oxygens (including phenoxy) is 1. The molecule has 102 valence electrons. The van der Waals surface area contributed by atoms with Crippen molar-refractivity contribution in [2.24, 2.45) is 0 Å². The van der Waals surface area contributed by atoms with Crippen molar-refractivity contribution < 1.29 is 23.0 Å². The van der Waals surface area contributed by atoms with Gasteiger partial charge >= 0.3 is 6.18 Å². The molecule has 1 atom stereocenters. The van der Waals surface area contributed by atoms with Gasteiger partial charge in [0.25, 0.3) is 0 Å². The fraction of sp³-hybridized carbons (Fsp3) is 0.538. The molecule has 2 nitrogen and oxygen atoms in total. The molecule has 0 saturated carbocycles. The van der Waals surface area contributed by atoms with E-state index in [4.69, 9.17) is 4.74 Å². The van der Waals surface area contributed by atoms with E-state index in [1.807, 2.05) is 0 Å². The van der Waals surface area contributed by atoms with Crippen LogP contribution in [-0.2, 0) is 17.3 Å². The number of hydrogen-bond acceptors (Lipinski definition) is 2. The maximum absolute atomic E-state index is 12.8. The van der Waals surface area contributed by atoms with Crippen molar-refractivity contribution in [2.45, 2.75) is 32.0 Å². The number of alkyl halides is 3. The van der Waals surface area contributed by atoms with Crippen LogP contribution in [0.15, 0.2) is 24.3 Å². The van der Waals surface area contributed by atoms with Crippen molar-refractivity contribution in [3.8, 4) is 0 Å². The molecular formula is C13H17F3O2. The highest BCUT2D eigenvalue weighted by Crippen LogP contribution is 2.33. The van der Waals surface area contributed by atoms with Crippen LogP contribution in [0.25, 0.3) is 0 Å². The quantitative estimate of drug-likeness (QED) is 0.883. The van der Waals surface area contributed by atoms with Crippen LogP contribution in [0.4, 0.5) is 13.2 Å². The van der Waals surface area contributed by atoms with E-state index in [1.54, 1.807) is 6.92 Å². The SMILES string of the molecule is CCOCC(C)(O)Cc1ccccc1C(F)(F)F. The van der Waals surface area contributed by atoms with Crippen LogP contribution in [0.5, 0.6) is 0 Å². The summed E-state index contributed by atoms with van der Waals surface area (Å²) in [4.78, 5) is 0. The molecule has 18 heavy (non-hydrogen) atoms. The molecular weight excluding hydrogens is 245 g/mol. The fourth-order valence-electron chi connectivity index (χ4n) is 1.73. The number of aliphatic hydroxyl groups is 1. The molecule has 1 aromatic carbocycles. The average Bonchev–Trinajstić information content (AvgIpc) is 2.25. The zero-order valence-corrected chi connectivity index (χ0v) is 10.4. The number of rotatable bonds is 5. The van der Waals surface area contributed by atoms with Crippen molar-refractivity contribution in [3.63, 3.8) is 0 Å². The lowest BCUT2D eigenvalue weighted by Gasteiger charge is -2.24. The molecule has 1 aromatic rings. The molecule has 0 bridgehead atoms. The van der Waals surface area contributed by atoms with E-state index in [1.165, 1.54) is 25.1 Å². The zero-order valence-electron chi connectivity index (χ0n) is 10.4. The van der Waals surface area contributed by atoms with Crippen molar-refractivity contribution >= 4 is 0 Å². The van der Waals surface area contributed by atoms with Gasteiger partial charge in [-0.25, -0.2) is 0 Å².